The van der Waals surface area contributed by atoms with Crippen LogP contribution >= 0.6 is 0 Å². The SMILES string of the molecule is CN1C[C@H]2CN(c3ccc4c(c3)C(=O)c3cc(N5C[C@@H]6CN([11CH3])[C@@H]6C5)ccc3-4)C[C@H]21. The number of rotatable bonds is 2. The van der Waals surface area contributed by atoms with Gasteiger partial charge in [0.15, 0.2) is 5.78 Å². The molecule has 1 aliphatic carbocycles. The van der Waals surface area contributed by atoms with Crippen molar-refractivity contribution < 1.29 is 4.79 Å². The molecule has 0 radical (unpaired) electrons. The smallest absolute Gasteiger partial charge is 0.194 e. The van der Waals surface area contributed by atoms with E-state index >= 15 is 0 Å². The van der Waals surface area contributed by atoms with Crippen molar-refractivity contribution in [1.82, 2.24) is 9.80 Å². The molecule has 5 aliphatic rings. The van der Waals surface area contributed by atoms with E-state index in [4.69, 9.17) is 0 Å². The molecule has 0 saturated carbocycles. The molecule has 0 N–H and O–H groups in total. The van der Waals surface area contributed by atoms with E-state index in [1.807, 2.05) is 0 Å². The van der Waals surface area contributed by atoms with Crippen molar-refractivity contribution in [2.24, 2.45) is 11.8 Å². The molecule has 4 fully saturated rings. The Morgan fingerprint density at radius 3 is 1.50 bits per heavy atom. The fourth-order valence-corrected chi connectivity index (χ4v) is 6.67. The zero-order valence-corrected chi connectivity index (χ0v) is 17.7. The fourth-order valence-electron chi connectivity index (χ4n) is 6.67. The van der Waals surface area contributed by atoms with Crippen LogP contribution in [0.4, 0.5) is 11.4 Å². The summed E-state index contributed by atoms with van der Waals surface area (Å²) in [6.45, 7) is 6.80. The van der Waals surface area contributed by atoms with Crippen LogP contribution in [-0.2, 0) is 0 Å². The first-order valence-electron chi connectivity index (χ1n) is 11.3. The van der Waals surface area contributed by atoms with Crippen LogP contribution in [0.25, 0.3) is 11.1 Å². The first kappa shape index (κ1) is 17.3. The van der Waals surface area contributed by atoms with E-state index < -0.39 is 0 Å². The van der Waals surface area contributed by atoms with Gasteiger partial charge in [0.25, 0.3) is 0 Å². The van der Waals surface area contributed by atoms with Crippen LogP contribution in [0, 0.1) is 11.8 Å². The van der Waals surface area contributed by atoms with Crippen LogP contribution in [0.15, 0.2) is 36.4 Å². The summed E-state index contributed by atoms with van der Waals surface area (Å²) in [5.74, 6) is 1.77. The van der Waals surface area contributed by atoms with E-state index in [-0.39, 0.29) is 5.78 Å². The molecule has 154 valence electrons. The zero-order valence-electron chi connectivity index (χ0n) is 17.7. The van der Waals surface area contributed by atoms with E-state index in [1.54, 1.807) is 0 Å². The minimum absolute atomic E-state index is 0.197. The van der Waals surface area contributed by atoms with Crippen LogP contribution in [0.5, 0.6) is 0 Å². The van der Waals surface area contributed by atoms with Gasteiger partial charge in [-0.05, 0) is 49.5 Å². The second kappa shape index (κ2) is 5.86. The zero-order chi connectivity index (χ0) is 20.1. The minimum atomic E-state index is 0.197. The highest BCUT2D eigenvalue weighted by atomic mass is 16.1. The lowest BCUT2D eigenvalue weighted by Gasteiger charge is -2.40. The summed E-state index contributed by atoms with van der Waals surface area (Å²) in [6.07, 6.45) is 0. The summed E-state index contributed by atoms with van der Waals surface area (Å²) in [6, 6.07) is 14.4. The maximum absolute atomic E-state index is 13.4. The lowest BCUT2D eigenvalue weighted by molar-refractivity contribution is 0.0827. The molecule has 0 aromatic heterocycles. The Kier molecular flexibility index (Phi) is 3.38. The van der Waals surface area contributed by atoms with Crippen molar-refractivity contribution in [2.75, 3.05) is 63.2 Å². The average Bonchev–Trinajstić information content (AvgIpc) is 3.37. The number of hydrogen-bond acceptors (Lipinski definition) is 5. The van der Waals surface area contributed by atoms with Gasteiger partial charge in [-0.15, -0.1) is 0 Å². The Morgan fingerprint density at radius 1 is 0.633 bits per heavy atom. The van der Waals surface area contributed by atoms with Crippen molar-refractivity contribution in [3.8, 4) is 11.1 Å². The normalized spacial score (nSPS) is 31.9. The van der Waals surface area contributed by atoms with E-state index in [0.29, 0.717) is 12.1 Å². The highest BCUT2D eigenvalue weighted by Gasteiger charge is 2.45. The molecule has 4 saturated heterocycles. The number of carbonyl (C=O) groups excluding carboxylic acids is 1. The number of ketones is 1. The molecular weight excluding hydrogens is 371 g/mol. The molecule has 0 bridgehead atoms. The molecule has 5 heteroatoms. The predicted molar refractivity (Wildman–Crippen MR) is 120 cm³/mol. The van der Waals surface area contributed by atoms with Crippen LogP contribution in [0.1, 0.15) is 15.9 Å². The first-order chi connectivity index (χ1) is 14.6. The van der Waals surface area contributed by atoms with Crippen LogP contribution in [0.3, 0.4) is 0 Å². The Hall–Kier alpha value is -2.37. The van der Waals surface area contributed by atoms with Crippen molar-refractivity contribution in [3.05, 3.63) is 47.5 Å². The van der Waals surface area contributed by atoms with E-state index in [0.717, 1.165) is 60.3 Å². The molecule has 30 heavy (non-hydrogen) atoms. The third kappa shape index (κ3) is 2.22. The molecule has 7 rings (SSSR count). The summed E-state index contributed by atoms with van der Waals surface area (Å²) in [4.78, 5) is 23.2. The quantitative estimate of drug-likeness (QED) is 0.660. The molecule has 0 spiro atoms. The number of benzene rings is 2. The predicted octanol–water partition coefficient (Wildman–Crippen LogP) is 2.40. The number of nitrogens with zero attached hydrogens (tertiary/aromatic N) is 4. The number of hydrogen-bond donors (Lipinski definition) is 0. The van der Waals surface area contributed by atoms with Crippen molar-refractivity contribution in [1.29, 1.82) is 0 Å². The van der Waals surface area contributed by atoms with Crippen molar-refractivity contribution in [3.63, 3.8) is 0 Å². The Bertz CT molecular complexity index is 997. The Labute approximate surface area is 177 Å². The topological polar surface area (TPSA) is 30.0 Å². The molecule has 0 unspecified atom stereocenters. The van der Waals surface area contributed by atoms with Crippen LogP contribution in [-0.4, -0.2) is 81.0 Å². The Morgan fingerprint density at radius 2 is 1.10 bits per heavy atom. The number of likely N-dealkylation sites (N-methyl/N-ethyl adjacent to an activating group) is 2. The highest BCUT2D eigenvalue weighted by Crippen LogP contribution is 2.42. The maximum Gasteiger partial charge on any atom is 0.194 e. The lowest BCUT2D eigenvalue weighted by Crippen LogP contribution is -2.52. The maximum atomic E-state index is 13.4. The van der Waals surface area contributed by atoms with Crippen LogP contribution < -0.4 is 9.80 Å². The average molecular weight is 400 g/mol. The largest absolute Gasteiger partial charge is 0.370 e. The standard InChI is InChI=1S/C25H28N4O/c1-26-9-15-11-28(13-23(15)26)17-3-5-19-20-6-4-18(8-22(20)25(30)21(19)7-17)29-12-16-10-27(2)24(16)14-29/h3-8,15-16,23-24H,9-14H2,1-2H3/t15-,16-,23+,24+/m0/s1/i1-1. The molecule has 4 atom stereocenters. The summed E-state index contributed by atoms with van der Waals surface area (Å²) >= 11 is 0. The second-order valence-corrected chi connectivity index (χ2v) is 10.1. The monoisotopic (exact) mass is 399 g/mol. The van der Waals surface area contributed by atoms with Gasteiger partial charge in [-0.3, -0.25) is 4.79 Å². The van der Waals surface area contributed by atoms with Gasteiger partial charge in [0.05, 0.1) is 0 Å². The molecule has 4 aliphatic heterocycles. The first-order valence-corrected chi connectivity index (χ1v) is 11.3. The van der Waals surface area contributed by atoms with Gasteiger partial charge in [0.2, 0.25) is 0 Å². The second-order valence-electron chi connectivity index (χ2n) is 10.1. The van der Waals surface area contributed by atoms with Gasteiger partial charge in [-0.1, -0.05) is 12.1 Å². The molecule has 2 aromatic rings. The summed E-state index contributed by atoms with van der Waals surface area (Å²) in [5.41, 5.74) is 6.38. The fraction of sp³-hybridized carbons (Fsp3) is 0.480. The number of fused-ring (bicyclic) bond motifs is 5. The highest BCUT2D eigenvalue weighted by molar-refractivity contribution is 6.22. The van der Waals surface area contributed by atoms with Crippen LogP contribution in [0.2, 0.25) is 0 Å². The summed E-state index contributed by atoms with van der Waals surface area (Å²) in [5, 5.41) is 0. The summed E-state index contributed by atoms with van der Waals surface area (Å²) < 4.78 is 0. The van der Waals surface area contributed by atoms with Gasteiger partial charge in [0.1, 0.15) is 0 Å². The number of carbonyl (C=O) groups is 1. The van der Waals surface area contributed by atoms with Gasteiger partial charge >= 0.3 is 0 Å². The molecule has 0 amide bonds. The van der Waals surface area contributed by atoms with E-state index in [2.05, 4.69) is 70.1 Å². The molecular formula is C25H28N4O. The van der Waals surface area contributed by atoms with Gasteiger partial charge in [0, 0.05) is 85.7 Å². The van der Waals surface area contributed by atoms with Crippen molar-refractivity contribution >= 4 is 17.2 Å². The third-order valence-electron chi connectivity index (χ3n) is 8.51. The van der Waals surface area contributed by atoms with E-state index in [9.17, 15) is 4.79 Å². The van der Waals surface area contributed by atoms with Gasteiger partial charge in [-0.25, -0.2) is 0 Å². The molecule has 2 aromatic carbocycles. The minimum Gasteiger partial charge on any atom is -0.370 e. The van der Waals surface area contributed by atoms with Gasteiger partial charge in [-0.2, -0.15) is 0 Å². The number of likely N-dealkylation sites (tertiary alicyclic amines) is 2. The number of anilines is 2. The van der Waals surface area contributed by atoms with Crippen molar-refractivity contribution in [2.45, 2.75) is 12.1 Å². The summed E-state index contributed by atoms with van der Waals surface area (Å²) in [7, 11) is 4.43. The van der Waals surface area contributed by atoms with Gasteiger partial charge < -0.3 is 19.6 Å². The molecule has 5 nitrogen and oxygen atoms in total. The third-order valence-corrected chi connectivity index (χ3v) is 8.51. The lowest BCUT2D eigenvalue weighted by atomic mass is 9.90. The van der Waals surface area contributed by atoms with E-state index in [1.165, 1.54) is 24.5 Å². The Balaban J connectivity index is 1.18. The molecule has 4 heterocycles.